The molecule has 0 saturated carbocycles. The Balaban J connectivity index is 2.10. The third-order valence-electron chi connectivity index (χ3n) is 4.18. The maximum Gasteiger partial charge on any atom is 0.234 e. The summed E-state index contributed by atoms with van der Waals surface area (Å²) in [7, 11) is 0. The normalized spacial score (nSPS) is 11.4. The molecule has 0 spiro atoms. The van der Waals surface area contributed by atoms with Crippen molar-refractivity contribution in [2.75, 3.05) is 0 Å². The van der Waals surface area contributed by atoms with Crippen molar-refractivity contribution in [3.05, 3.63) is 59.7 Å². The standard InChI is InChI=1S/C18H16N4/c1-11-4-5-14-10-22-7-6-19-18(22)21-17(14)16(11)15-8-12(2)13(3)9-20-15/h4-10H,1-3H3. The lowest BCUT2D eigenvalue weighted by Crippen LogP contribution is -1.96. The molecular weight excluding hydrogens is 272 g/mol. The van der Waals surface area contributed by atoms with Gasteiger partial charge in [0.25, 0.3) is 0 Å². The summed E-state index contributed by atoms with van der Waals surface area (Å²) in [5.41, 5.74) is 6.62. The van der Waals surface area contributed by atoms with Gasteiger partial charge in [-0.2, -0.15) is 0 Å². The van der Waals surface area contributed by atoms with E-state index in [2.05, 4.69) is 55.1 Å². The zero-order valence-corrected chi connectivity index (χ0v) is 12.8. The summed E-state index contributed by atoms with van der Waals surface area (Å²) < 4.78 is 1.94. The van der Waals surface area contributed by atoms with Gasteiger partial charge in [0.1, 0.15) is 0 Å². The van der Waals surface area contributed by atoms with Gasteiger partial charge in [0, 0.05) is 35.7 Å². The minimum Gasteiger partial charge on any atom is -0.291 e. The second-order valence-corrected chi connectivity index (χ2v) is 5.72. The number of aryl methyl sites for hydroxylation is 3. The molecular formula is C18H16N4. The number of fused-ring (bicyclic) bond motifs is 2. The van der Waals surface area contributed by atoms with Crippen LogP contribution in [0.15, 0.2) is 43.0 Å². The molecule has 0 aliphatic carbocycles. The van der Waals surface area contributed by atoms with Crippen LogP contribution in [0.1, 0.15) is 16.7 Å². The second-order valence-electron chi connectivity index (χ2n) is 5.72. The van der Waals surface area contributed by atoms with Crippen LogP contribution in [-0.2, 0) is 0 Å². The summed E-state index contributed by atoms with van der Waals surface area (Å²) in [5.74, 6) is 0.711. The Hall–Kier alpha value is -2.75. The fourth-order valence-electron chi connectivity index (χ4n) is 2.76. The van der Waals surface area contributed by atoms with Gasteiger partial charge in [-0.15, -0.1) is 0 Å². The molecule has 0 unspecified atom stereocenters. The van der Waals surface area contributed by atoms with E-state index in [1.807, 2.05) is 16.8 Å². The van der Waals surface area contributed by atoms with Crippen molar-refractivity contribution in [1.82, 2.24) is 19.4 Å². The Morgan fingerprint density at radius 1 is 0.955 bits per heavy atom. The lowest BCUT2D eigenvalue weighted by molar-refractivity contribution is 1.14. The molecule has 0 bridgehead atoms. The number of nitrogens with zero attached hydrogens (tertiary/aromatic N) is 4. The highest BCUT2D eigenvalue weighted by molar-refractivity contribution is 5.95. The SMILES string of the molecule is Cc1cnc(-c2c(C)ccc3cn4ccnc4nc23)cc1C. The number of imidazole rings is 1. The number of hydrogen-bond donors (Lipinski definition) is 0. The molecule has 0 aliphatic heterocycles. The van der Waals surface area contributed by atoms with Crippen LogP contribution in [0.25, 0.3) is 27.9 Å². The highest BCUT2D eigenvalue weighted by Crippen LogP contribution is 2.30. The van der Waals surface area contributed by atoms with E-state index in [1.54, 1.807) is 6.20 Å². The molecule has 0 amide bonds. The Morgan fingerprint density at radius 2 is 1.82 bits per heavy atom. The van der Waals surface area contributed by atoms with Gasteiger partial charge < -0.3 is 0 Å². The third kappa shape index (κ3) is 1.88. The molecule has 0 atom stereocenters. The highest BCUT2D eigenvalue weighted by atomic mass is 15.1. The van der Waals surface area contributed by atoms with E-state index in [1.165, 1.54) is 16.7 Å². The molecule has 4 rings (SSSR count). The minimum atomic E-state index is 0.711. The Kier molecular flexibility index (Phi) is 2.73. The molecule has 0 radical (unpaired) electrons. The maximum atomic E-state index is 4.74. The molecule has 0 N–H and O–H groups in total. The van der Waals surface area contributed by atoms with Gasteiger partial charge in [0.15, 0.2) is 0 Å². The highest BCUT2D eigenvalue weighted by Gasteiger charge is 2.12. The predicted molar refractivity (Wildman–Crippen MR) is 87.9 cm³/mol. The van der Waals surface area contributed by atoms with Crippen LogP contribution >= 0.6 is 0 Å². The van der Waals surface area contributed by atoms with E-state index in [-0.39, 0.29) is 0 Å². The third-order valence-corrected chi connectivity index (χ3v) is 4.18. The van der Waals surface area contributed by atoms with Crippen molar-refractivity contribution >= 4 is 16.7 Å². The lowest BCUT2D eigenvalue weighted by Gasteiger charge is -2.11. The van der Waals surface area contributed by atoms with E-state index in [0.29, 0.717) is 5.78 Å². The number of rotatable bonds is 1. The van der Waals surface area contributed by atoms with E-state index in [4.69, 9.17) is 4.98 Å². The van der Waals surface area contributed by atoms with Crippen molar-refractivity contribution in [1.29, 1.82) is 0 Å². The van der Waals surface area contributed by atoms with Crippen molar-refractivity contribution in [3.8, 4) is 11.3 Å². The van der Waals surface area contributed by atoms with Crippen LogP contribution in [0.3, 0.4) is 0 Å². The van der Waals surface area contributed by atoms with E-state index in [0.717, 1.165) is 22.2 Å². The van der Waals surface area contributed by atoms with Gasteiger partial charge in [0.2, 0.25) is 5.78 Å². The van der Waals surface area contributed by atoms with Gasteiger partial charge >= 0.3 is 0 Å². The number of hydrogen-bond acceptors (Lipinski definition) is 3. The molecule has 4 aromatic rings. The fraction of sp³-hybridized carbons (Fsp3) is 0.167. The van der Waals surface area contributed by atoms with E-state index >= 15 is 0 Å². The average molecular weight is 288 g/mol. The Bertz CT molecular complexity index is 1010. The summed E-state index contributed by atoms with van der Waals surface area (Å²) in [6.07, 6.45) is 7.67. The van der Waals surface area contributed by atoms with Gasteiger partial charge in [0.05, 0.1) is 11.2 Å². The van der Waals surface area contributed by atoms with Crippen molar-refractivity contribution in [3.63, 3.8) is 0 Å². The van der Waals surface area contributed by atoms with Crippen molar-refractivity contribution < 1.29 is 0 Å². The first-order valence-electron chi connectivity index (χ1n) is 7.30. The van der Waals surface area contributed by atoms with E-state index in [9.17, 15) is 0 Å². The molecule has 3 heterocycles. The summed E-state index contributed by atoms with van der Waals surface area (Å²) in [5, 5.41) is 1.09. The number of benzene rings is 1. The van der Waals surface area contributed by atoms with Crippen molar-refractivity contribution in [2.45, 2.75) is 20.8 Å². The van der Waals surface area contributed by atoms with Gasteiger partial charge in [-0.05, 0) is 43.5 Å². The molecule has 108 valence electrons. The maximum absolute atomic E-state index is 4.74. The largest absolute Gasteiger partial charge is 0.291 e. The molecule has 3 aromatic heterocycles. The summed E-state index contributed by atoms with van der Waals surface area (Å²) in [4.78, 5) is 13.7. The summed E-state index contributed by atoms with van der Waals surface area (Å²) in [6.45, 7) is 6.29. The Morgan fingerprint density at radius 3 is 2.64 bits per heavy atom. The smallest absolute Gasteiger partial charge is 0.234 e. The number of pyridine rings is 1. The second kappa shape index (κ2) is 4.63. The lowest BCUT2D eigenvalue weighted by atomic mass is 9.99. The van der Waals surface area contributed by atoms with Crippen LogP contribution in [0.2, 0.25) is 0 Å². The van der Waals surface area contributed by atoms with Crippen LogP contribution < -0.4 is 0 Å². The first-order valence-corrected chi connectivity index (χ1v) is 7.30. The fourth-order valence-corrected chi connectivity index (χ4v) is 2.76. The first-order chi connectivity index (χ1) is 10.6. The topological polar surface area (TPSA) is 43.1 Å². The molecule has 4 heteroatoms. The monoisotopic (exact) mass is 288 g/mol. The van der Waals surface area contributed by atoms with Crippen LogP contribution in [-0.4, -0.2) is 19.4 Å². The predicted octanol–water partition coefficient (Wildman–Crippen LogP) is 3.87. The zero-order valence-electron chi connectivity index (χ0n) is 12.8. The minimum absolute atomic E-state index is 0.711. The van der Waals surface area contributed by atoms with Crippen LogP contribution in [0.5, 0.6) is 0 Å². The molecule has 0 fully saturated rings. The summed E-state index contributed by atoms with van der Waals surface area (Å²) in [6, 6.07) is 6.36. The quantitative estimate of drug-likeness (QED) is 0.534. The molecule has 0 saturated heterocycles. The molecule has 4 nitrogen and oxygen atoms in total. The van der Waals surface area contributed by atoms with E-state index < -0.39 is 0 Å². The van der Waals surface area contributed by atoms with Gasteiger partial charge in [-0.25, -0.2) is 9.97 Å². The van der Waals surface area contributed by atoms with Gasteiger partial charge in [-0.3, -0.25) is 9.38 Å². The van der Waals surface area contributed by atoms with Gasteiger partial charge in [-0.1, -0.05) is 12.1 Å². The molecule has 0 aliphatic rings. The number of aromatic nitrogens is 4. The average Bonchev–Trinajstić information content (AvgIpc) is 2.95. The van der Waals surface area contributed by atoms with Crippen molar-refractivity contribution in [2.24, 2.45) is 0 Å². The zero-order chi connectivity index (χ0) is 15.3. The van der Waals surface area contributed by atoms with Crippen LogP contribution in [0.4, 0.5) is 0 Å². The first kappa shape index (κ1) is 13.0. The molecule has 22 heavy (non-hydrogen) atoms. The Labute approximate surface area is 128 Å². The molecule has 1 aromatic carbocycles. The van der Waals surface area contributed by atoms with Crippen LogP contribution in [0, 0.1) is 20.8 Å². The summed E-state index contributed by atoms with van der Waals surface area (Å²) >= 11 is 0.